The number of carbonyl (C=O) groups excluding carboxylic acids is 2. The van der Waals surface area contributed by atoms with Gasteiger partial charge >= 0.3 is 0 Å². The van der Waals surface area contributed by atoms with Crippen LogP contribution in [0.25, 0.3) is 0 Å². The van der Waals surface area contributed by atoms with Gasteiger partial charge in [-0.2, -0.15) is 0 Å². The molecule has 1 aliphatic rings. The summed E-state index contributed by atoms with van der Waals surface area (Å²) in [5.41, 5.74) is -0.202. The molecule has 0 aromatic heterocycles. The number of nitrogens with one attached hydrogen (secondary N) is 1. The van der Waals surface area contributed by atoms with E-state index in [-0.39, 0.29) is 29.4 Å². The topological polar surface area (TPSA) is 49.4 Å². The van der Waals surface area contributed by atoms with Gasteiger partial charge in [0.15, 0.2) is 0 Å². The number of hydrogen-bond donors (Lipinski definition) is 1. The van der Waals surface area contributed by atoms with Gasteiger partial charge < -0.3 is 10.2 Å². The molecule has 0 aliphatic carbocycles. The Kier molecular flexibility index (Phi) is 4.67. The Morgan fingerprint density at radius 1 is 1.12 bits per heavy atom. The van der Waals surface area contributed by atoms with Crippen LogP contribution in [0, 0.1) is 23.4 Å². The SMILES string of the molecule is O=C(Nc1cc(Cl)ccc1F)C1CC(=O)N(c2ccc(F)cc2F)C1. The number of hydrogen-bond acceptors (Lipinski definition) is 2. The molecule has 1 fully saturated rings. The lowest BCUT2D eigenvalue weighted by atomic mass is 10.1. The molecule has 4 nitrogen and oxygen atoms in total. The fourth-order valence-electron chi connectivity index (χ4n) is 2.64. The fourth-order valence-corrected chi connectivity index (χ4v) is 2.82. The standard InChI is InChI=1S/C17H12ClF3N2O2/c18-10-1-3-12(20)14(6-10)22-17(25)9-5-16(24)23(8-9)15-4-2-11(19)7-13(15)21/h1-4,6-7,9H,5,8H2,(H,22,25). The molecule has 3 rings (SSSR count). The molecular formula is C17H12ClF3N2O2. The minimum absolute atomic E-state index is 0.0879. The molecule has 1 heterocycles. The van der Waals surface area contributed by atoms with E-state index >= 15 is 0 Å². The van der Waals surface area contributed by atoms with Gasteiger partial charge in [0.05, 0.1) is 17.3 Å². The summed E-state index contributed by atoms with van der Waals surface area (Å²) in [5.74, 6) is -4.18. The molecule has 1 saturated heterocycles. The molecule has 0 bridgehead atoms. The Labute approximate surface area is 146 Å². The maximum Gasteiger partial charge on any atom is 0.229 e. The van der Waals surface area contributed by atoms with Crippen LogP contribution in [0.4, 0.5) is 24.5 Å². The van der Waals surface area contributed by atoms with E-state index in [2.05, 4.69) is 5.32 Å². The molecular weight excluding hydrogens is 357 g/mol. The molecule has 25 heavy (non-hydrogen) atoms. The lowest BCUT2D eigenvalue weighted by Gasteiger charge is -2.17. The lowest BCUT2D eigenvalue weighted by molar-refractivity contribution is -0.122. The second-order valence-electron chi connectivity index (χ2n) is 5.61. The van der Waals surface area contributed by atoms with E-state index in [0.717, 1.165) is 23.1 Å². The van der Waals surface area contributed by atoms with E-state index in [4.69, 9.17) is 11.6 Å². The third-order valence-corrected chi connectivity index (χ3v) is 4.12. The van der Waals surface area contributed by atoms with Gasteiger partial charge in [-0.25, -0.2) is 13.2 Å². The summed E-state index contributed by atoms with van der Waals surface area (Å²) in [7, 11) is 0. The van der Waals surface area contributed by atoms with Crippen molar-refractivity contribution in [2.75, 3.05) is 16.8 Å². The van der Waals surface area contributed by atoms with Gasteiger partial charge in [-0.1, -0.05) is 11.6 Å². The summed E-state index contributed by atoms with van der Waals surface area (Å²) in [6.07, 6.45) is -0.162. The summed E-state index contributed by atoms with van der Waals surface area (Å²) in [6.45, 7) is -0.0879. The maximum absolute atomic E-state index is 13.8. The molecule has 0 radical (unpaired) electrons. The average molecular weight is 369 g/mol. The Hall–Kier alpha value is -2.54. The molecule has 1 unspecified atom stereocenters. The van der Waals surface area contributed by atoms with Crippen molar-refractivity contribution < 1.29 is 22.8 Å². The van der Waals surface area contributed by atoms with Gasteiger partial charge in [0.2, 0.25) is 11.8 Å². The largest absolute Gasteiger partial charge is 0.323 e. The van der Waals surface area contributed by atoms with Crippen LogP contribution >= 0.6 is 11.6 Å². The van der Waals surface area contributed by atoms with Gasteiger partial charge in [-0.05, 0) is 30.3 Å². The molecule has 1 N–H and O–H groups in total. The number of halogens is 4. The second-order valence-corrected chi connectivity index (χ2v) is 6.05. The van der Waals surface area contributed by atoms with Crippen molar-refractivity contribution in [3.8, 4) is 0 Å². The van der Waals surface area contributed by atoms with E-state index in [9.17, 15) is 22.8 Å². The molecule has 2 aromatic rings. The first-order valence-electron chi connectivity index (χ1n) is 7.36. The summed E-state index contributed by atoms with van der Waals surface area (Å²) in [5, 5.41) is 2.62. The van der Waals surface area contributed by atoms with Crippen LogP contribution in [0.3, 0.4) is 0 Å². The van der Waals surface area contributed by atoms with E-state index in [1.807, 2.05) is 0 Å². The van der Waals surface area contributed by atoms with Crippen molar-refractivity contribution in [2.24, 2.45) is 5.92 Å². The Morgan fingerprint density at radius 2 is 1.88 bits per heavy atom. The van der Waals surface area contributed by atoms with E-state index in [1.54, 1.807) is 0 Å². The molecule has 1 aliphatic heterocycles. The van der Waals surface area contributed by atoms with Crippen molar-refractivity contribution in [1.29, 1.82) is 0 Å². The highest BCUT2D eigenvalue weighted by Crippen LogP contribution is 2.29. The maximum atomic E-state index is 13.8. The summed E-state index contributed by atoms with van der Waals surface area (Å²) >= 11 is 5.76. The van der Waals surface area contributed by atoms with Crippen LogP contribution < -0.4 is 10.2 Å². The third-order valence-electron chi connectivity index (χ3n) is 3.88. The number of rotatable bonds is 3. The van der Waals surface area contributed by atoms with Crippen molar-refractivity contribution >= 4 is 34.8 Å². The monoisotopic (exact) mass is 368 g/mol. The zero-order chi connectivity index (χ0) is 18.1. The average Bonchev–Trinajstić information content (AvgIpc) is 2.93. The number of anilines is 2. The van der Waals surface area contributed by atoms with E-state index < -0.39 is 35.2 Å². The summed E-state index contributed by atoms with van der Waals surface area (Å²) < 4.78 is 40.5. The smallest absolute Gasteiger partial charge is 0.229 e. The minimum Gasteiger partial charge on any atom is -0.323 e. The molecule has 0 spiro atoms. The highest BCUT2D eigenvalue weighted by atomic mass is 35.5. The Bertz CT molecular complexity index is 860. The predicted molar refractivity (Wildman–Crippen MR) is 86.9 cm³/mol. The van der Waals surface area contributed by atoms with Gasteiger partial charge in [-0.3, -0.25) is 9.59 Å². The Balaban J connectivity index is 1.75. The molecule has 130 valence electrons. The number of benzene rings is 2. The van der Waals surface area contributed by atoms with Gasteiger partial charge in [0.25, 0.3) is 0 Å². The highest BCUT2D eigenvalue weighted by molar-refractivity contribution is 6.30. The fraction of sp³-hybridized carbons (Fsp3) is 0.176. The first kappa shape index (κ1) is 17.3. The number of carbonyl (C=O) groups is 2. The normalized spacial score (nSPS) is 17.0. The number of nitrogens with zero attached hydrogens (tertiary/aromatic N) is 1. The highest BCUT2D eigenvalue weighted by Gasteiger charge is 2.36. The van der Waals surface area contributed by atoms with Gasteiger partial charge in [-0.15, -0.1) is 0 Å². The quantitative estimate of drug-likeness (QED) is 0.897. The van der Waals surface area contributed by atoms with Crippen molar-refractivity contribution in [3.63, 3.8) is 0 Å². The minimum atomic E-state index is -0.893. The van der Waals surface area contributed by atoms with Gasteiger partial charge in [0.1, 0.15) is 17.5 Å². The Morgan fingerprint density at radius 3 is 2.60 bits per heavy atom. The van der Waals surface area contributed by atoms with Crippen LogP contribution in [-0.2, 0) is 9.59 Å². The van der Waals surface area contributed by atoms with Gasteiger partial charge in [0, 0.05) is 24.1 Å². The molecule has 2 aromatic carbocycles. The zero-order valence-electron chi connectivity index (χ0n) is 12.7. The summed E-state index contributed by atoms with van der Waals surface area (Å²) in [6, 6.07) is 6.53. The first-order chi connectivity index (χ1) is 11.8. The van der Waals surface area contributed by atoms with Crippen LogP contribution in [-0.4, -0.2) is 18.4 Å². The zero-order valence-corrected chi connectivity index (χ0v) is 13.5. The van der Waals surface area contributed by atoms with Crippen molar-refractivity contribution in [1.82, 2.24) is 0 Å². The van der Waals surface area contributed by atoms with E-state index in [0.29, 0.717) is 6.07 Å². The van der Waals surface area contributed by atoms with Crippen LogP contribution in [0.15, 0.2) is 36.4 Å². The molecule has 8 heteroatoms. The van der Waals surface area contributed by atoms with Crippen LogP contribution in [0.2, 0.25) is 5.02 Å². The van der Waals surface area contributed by atoms with Crippen molar-refractivity contribution in [2.45, 2.75) is 6.42 Å². The summed E-state index contributed by atoms with van der Waals surface area (Å²) in [4.78, 5) is 25.5. The van der Waals surface area contributed by atoms with Crippen LogP contribution in [0.5, 0.6) is 0 Å². The van der Waals surface area contributed by atoms with Crippen LogP contribution in [0.1, 0.15) is 6.42 Å². The molecule has 2 amide bonds. The first-order valence-corrected chi connectivity index (χ1v) is 7.74. The molecule has 1 atom stereocenters. The molecule has 0 saturated carbocycles. The number of amides is 2. The third kappa shape index (κ3) is 3.61. The predicted octanol–water partition coefficient (Wildman–Crippen LogP) is 3.75. The lowest BCUT2D eigenvalue weighted by Crippen LogP contribution is -2.29. The second kappa shape index (κ2) is 6.76. The van der Waals surface area contributed by atoms with E-state index in [1.165, 1.54) is 12.1 Å². The van der Waals surface area contributed by atoms with Crippen molar-refractivity contribution in [3.05, 3.63) is 58.9 Å².